The van der Waals surface area contributed by atoms with E-state index in [1.807, 2.05) is 48.7 Å². The molecule has 5 rings (SSSR count). The average molecular weight is 494 g/mol. The zero-order chi connectivity index (χ0) is 23.7. The minimum Gasteiger partial charge on any atom is -0.454 e. The Balaban J connectivity index is 1.44. The van der Waals surface area contributed by atoms with E-state index in [9.17, 15) is 4.79 Å². The van der Waals surface area contributed by atoms with Crippen LogP contribution in [0.5, 0.6) is 11.5 Å². The van der Waals surface area contributed by atoms with Crippen LogP contribution in [0.1, 0.15) is 12.5 Å². The number of carbonyl (C=O) groups is 1. The molecule has 2 aromatic heterocycles. The lowest BCUT2D eigenvalue weighted by atomic mass is 10.2. The van der Waals surface area contributed by atoms with Crippen molar-refractivity contribution in [1.82, 2.24) is 19.7 Å². The largest absolute Gasteiger partial charge is 0.454 e. The normalized spacial score (nSPS) is 13.0. The van der Waals surface area contributed by atoms with Crippen LogP contribution in [0.25, 0.3) is 17.1 Å². The number of carbonyl (C=O) groups excluding carboxylic acids is 1. The molecule has 0 saturated heterocycles. The highest BCUT2D eigenvalue weighted by molar-refractivity contribution is 8.00. The maximum absolute atomic E-state index is 13.0. The number of aromatic nitrogens is 4. The van der Waals surface area contributed by atoms with Crippen LogP contribution >= 0.6 is 23.4 Å². The first kappa shape index (κ1) is 22.2. The Hall–Kier alpha value is -3.56. The van der Waals surface area contributed by atoms with Crippen LogP contribution in [-0.4, -0.2) is 37.7 Å². The van der Waals surface area contributed by atoms with Gasteiger partial charge < -0.3 is 14.8 Å². The molecule has 1 amide bonds. The number of fused-ring (bicyclic) bond motifs is 1. The lowest BCUT2D eigenvalue weighted by Gasteiger charge is -2.16. The summed E-state index contributed by atoms with van der Waals surface area (Å²) in [5, 5.41) is 12.5. The average Bonchev–Trinajstić information content (AvgIpc) is 3.48. The Morgan fingerprint density at radius 2 is 1.91 bits per heavy atom. The molecular formula is C24H20ClN5O3S. The van der Waals surface area contributed by atoms with Gasteiger partial charge >= 0.3 is 0 Å². The van der Waals surface area contributed by atoms with Crippen LogP contribution in [0.2, 0.25) is 5.02 Å². The van der Waals surface area contributed by atoms with E-state index in [2.05, 4.69) is 20.5 Å². The zero-order valence-electron chi connectivity index (χ0n) is 18.4. The zero-order valence-corrected chi connectivity index (χ0v) is 19.9. The molecule has 1 aliphatic rings. The number of amides is 1. The van der Waals surface area contributed by atoms with E-state index >= 15 is 0 Å². The number of nitrogens with zero attached hydrogens (tertiary/aromatic N) is 4. The van der Waals surface area contributed by atoms with Crippen molar-refractivity contribution in [1.29, 1.82) is 0 Å². The Kier molecular flexibility index (Phi) is 6.12. The number of ether oxygens (including phenoxy) is 2. The number of rotatable bonds is 6. The smallest absolute Gasteiger partial charge is 0.237 e. The maximum Gasteiger partial charge on any atom is 0.237 e. The Labute approximate surface area is 205 Å². The standard InChI is InChI=1S/C24H20ClN5O3S/c1-14-18(25)4-3-5-19(14)30-22(16-8-10-26-11-9-16)28-29-24(30)34-15(2)23(31)27-17-6-7-20-21(12-17)33-13-32-20/h3-12,15H,13H2,1-2H3,(H,27,31). The van der Waals surface area contributed by atoms with Crippen LogP contribution in [0.3, 0.4) is 0 Å². The molecule has 10 heteroatoms. The number of halogens is 1. The third-order valence-electron chi connectivity index (χ3n) is 5.34. The molecule has 2 aromatic carbocycles. The van der Waals surface area contributed by atoms with Gasteiger partial charge in [0.25, 0.3) is 0 Å². The molecule has 8 nitrogen and oxygen atoms in total. The monoisotopic (exact) mass is 493 g/mol. The van der Waals surface area contributed by atoms with E-state index in [1.165, 1.54) is 11.8 Å². The molecule has 1 atom stereocenters. The molecule has 1 aliphatic heterocycles. The van der Waals surface area contributed by atoms with Gasteiger partial charge in [0, 0.05) is 34.7 Å². The molecule has 0 aliphatic carbocycles. The van der Waals surface area contributed by atoms with Gasteiger partial charge in [0.05, 0.1) is 10.9 Å². The molecule has 1 unspecified atom stereocenters. The quantitative estimate of drug-likeness (QED) is 0.372. The van der Waals surface area contributed by atoms with E-state index in [4.69, 9.17) is 21.1 Å². The highest BCUT2D eigenvalue weighted by Crippen LogP contribution is 2.35. The number of benzene rings is 2. The van der Waals surface area contributed by atoms with Crippen molar-refractivity contribution in [2.75, 3.05) is 12.1 Å². The van der Waals surface area contributed by atoms with E-state index in [1.54, 1.807) is 30.6 Å². The van der Waals surface area contributed by atoms with Crippen LogP contribution in [0.4, 0.5) is 5.69 Å². The predicted octanol–water partition coefficient (Wildman–Crippen LogP) is 5.14. The summed E-state index contributed by atoms with van der Waals surface area (Å²) in [6, 6.07) is 14.7. The predicted molar refractivity (Wildman–Crippen MR) is 131 cm³/mol. The Morgan fingerprint density at radius 3 is 2.74 bits per heavy atom. The van der Waals surface area contributed by atoms with Crippen molar-refractivity contribution in [3.8, 4) is 28.6 Å². The third kappa shape index (κ3) is 4.32. The van der Waals surface area contributed by atoms with E-state index in [0.29, 0.717) is 33.2 Å². The van der Waals surface area contributed by atoms with Crippen molar-refractivity contribution < 1.29 is 14.3 Å². The summed E-state index contributed by atoms with van der Waals surface area (Å²) in [4.78, 5) is 17.1. The first-order valence-corrected chi connectivity index (χ1v) is 11.8. The number of hydrogen-bond acceptors (Lipinski definition) is 7. The van der Waals surface area contributed by atoms with Crippen molar-refractivity contribution in [2.24, 2.45) is 0 Å². The third-order valence-corrected chi connectivity index (χ3v) is 6.80. The molecule has 0 radical (unpaired) electrons. The number of anilines is 1. The molecule has 0 fully saturated rings. The lowest BCUT2D eigenvalue weighted by Crippen LogP contribution is -2.23. The SMILES string of the molecule is Cc1c(Cl)cccc1-n1c(SC(C)C(=O)Nc2ccc3c(c2)OCO3)nnc1-c1ccncc1. The van der Waals surface area contributed by atoms with Crippen LogP contribution in [0, 0.1) is 6.92 Å². The van der Waals surface area contributed by atoms with Crippen molar-refractivity contribution >= 4 is 35.0 Å². The summed E-state index contributed by atoms with van der Waals surface area (Å²) >= 11 is 7.72. The highest BCUT2D eigenvalue weighted by atomic mass is 35.5. The molecular weight excluding hydrogens is 474 g/mol. The van der Waals surface area contributed by atoms with Crippen molar-refractivity contribution in [3.05, 3.63) is 71.5 Å². The van der Waals surface area contributed by atoms with Crippen molar-refractivity contribution in [2.45, 2.75) is 24.3 Å². The Morgan fingerprint density at radius 1 is 1.12 bits per heavy atom. The molecule has 3 heterocycles. The topological polar surface area (TPSA) is 91.2 Å². The van der Waals surface area contributed by atoms with E-state index in [-0.39, 0.29) is 12.7 Å². The van der Waals surface area contributed by atoms with E-state index < -0.39 is 5.25 Å². The Bertz CT molecular complexity index is 1360. The molecule has 1 N–H and O–H groups in total. The summed E-state index contributed by atoms with van der Waals surface area (Å²) in [7, 11) is 0. The van der Waals surface area contributed by atoms with Crippen LogP contribution in [0.15, 0.2) is 66.1 Å². The van der Waals surface area contributed by atoms with Gasteiger partial charge in [0.15, 0.2) is 22.5 Å². The fourth-order valence-corrected chi connectivity index (χ4v) is 4.55. The number of nitrogens with one attached hydrogen (secondary N) is 1. The summed E-state index contributed by atoms with van der Waals surface area (Å²) in [6.07, 6.45) is 3.40. The second-order valence-corrected chi connectivity index (χ2v) is 9.29. The molecule has 0 bridgehead atoms. The second kappa shape index (κ2) is 9.36. The molecule has 172 valence electrons. The fraction of sp³-hybridized carbons (Fsp3) is 0.167. The lowest BCUT2D eigenvalue weighted by molar-refractivity contribution is -0.115. The van der Waals surface area contributed by atoms with Gasteiger partial charge in [-0.15, -0.1) is 10.2 Å². The van der Waals surface area contributed by atoms with Gasteiger partial charge in [-0.3, -0.25) is 14.3 Å². The fourth-order valence-electron chi connectivity index (χ4n) is 3.52. The summed E-state index contributed by atoms with van der Waals surface area (Å²) < 4.78 is 12.6. The minimum atomic E-state index is -0.460. The van der Waals surface area contributed by atoms with Crippen LogP contribution in [-0.2, 0) is 4.79 Å². The van der Waals surface area contributed by atoms with Gasteiger partial charge in [-0.25, -0.2) is 0 Å². The summed E-state index contributed by atoms with van der Waals surface area (Å²) in [5.41, 5.74) is 3.21. The minimum absolute atomic E-state index is 0.174. The summed E-state index contributed by atoms with van der Waals surface area (Å²) in [6.45, 7) is 3.94. The van der Waals surface area contributed by atoms with Gasteiger partial charge in [0.2, 0.25) is 12.7 Å². The maximum atomic E-state index is 13.0. The first-order valence-electron chi connectivity index (χ1n) is 10.5. The summed E-state index contributed by atoms with van der Waals surface area (Å²) in [5.74, 6) is 1.73. The van der Waals surface area contributed by atoms with Crippen molar-refractivity contribution in [3.63, 3.8) is 0 Å². The molecule has 0 spiro atoms. The van der Waals surface area contributed by atoms with Gasteiger partial charge in [-0.05, 0) is 55.8 Å². The number of thioether (sulfide) groups is 1. The molecule has 34 heavy (non-hydrogen) atoms. The van der Waals surface area contributed by atoms with Gasteiger partial charge in [-0.1, -0.05) is 29.4 Å². The van der Waals surface area contributed by atoms with Crippen LogP contribution < -0.4 is 14.8 Å². The number of pyridine rings is 1. The highest BCUT2D eigenvalue weighted by Gasteiger charge is 2.24. The van der Waals surface area contributed by atoms with Gasteiger partial charge in [-0.2, -0.15) is 0 Å². The number of hydrogen-bond donors (Lipinski definition) is 1. The van der Waals surface area contributed by atoms with E-state index in [0.717, 1.165) is 16.8 Å². The second-order valence-electron chi connectivity index (χ2n) is 7.58. The van der Waals surface area contributed by atoms with Gasteiger partial charge in [0.1, 0.15) is 0 Å². The molecule has 4 aromatic rings. The molecule has 0 saturated carbocycles. The first-order chi connectivity index (χ1) is 16.5.